The minimum absolute atomic E-state index is 0.173. The highest BCUT2D eigenvalue weighted by Crippen LogP contribution is 2.23. The van der Waals surface area contributed by atoms with Crippen molar-refractivity contribution >= 4 is 35.0 Å². The van der Waals surface area contributed by atoms with Gasteiger partial charge >= 0.3 is 0 Å². The smallest absolute Gasteiger partial charge is 0.254 e. The third-order valence-electron chi connectivity index (χ3n) is 4.42. The molecule has 0 atom stereocenters. The number of aryl methyl sites for hydroxylation is 2. The Morgan fingerprint density at radius 3 is 2.62 bits per heavy atom. The maximum Gasteiger partial charge on any atom is 0.254 e. The number of carbonyl (C=O) groups is 1. The second-order valence-electron chi connectivity index (χ2n) is 6.74. The number of halogens is 1. The Morgan fingerprint density at radius 2 is 1.93 bits per heavy atom. The van der Waals surface area contributed by atoms with Gasteiger partial charge < -0.3 is 10.3 Å². The van der Waals surface area contributed by atoms with E-state index >= 15 is 0 Å². The molecule has 3 rings (SSSR count). The van der Waals surface area contributed by atoms with Gasteiger partial charge in [-0.3, -0.25) is 9.59 Å². The number of aromatic nitrogens is 2. The van der Waals surface area contributed by atoms with Crippen LogP contribution in [0, 0.1) is 13.8 Å². The van der Waals surface area contributed by atoms with E-state index < -0.39 is 0 Å². The fourth-order valence-electron chi connectivity index (χ4n) is 2.85. The molecule has 2 N–H and O–H groups in total. The Morgan fingerprint density at radius 1 is 1.17 bits per heavy atom. The van der Waals surface area contributed by atoms with Crippen LogP contribution in [0.5, 0.6) is 0 Å². The Kier molecular flexibility index (Phi) is 7.12. The molecule has 5 nitrogen and oxygen atoms in total. The maximum absolute atomic E-state index is 12.5. The van der Waals surface area contributed by atoms with Crippen molar-refractivity contribution in [2.24, 2.45) is 0 Å². The normalized spacial score (nSPS) is 10.7. The van der Waals surface area contributed by atoms with Crippen LogP contribution in [-0.2, 0) is 17.0 Å². The SMILES string of the molecule is Cc1ccc(NC(=O)CCc2c(C)nc(SCc3ccccc3)[nH]c2=O)c(Cl)c1. The van der Waals surface area contributed by atoms with Crippen LogP contribution in [0.25, 0.3) is 0 Å². The van der Waals surface area contributed by atoms with Gasteiger partial charge in [-0.05, 0) is 43.5 Å². The molecule has 2 aromatic carbocycles. The lowest BCUT2D eigenvalue weighted by atomic mass is 10.1. The Bertz CT molecular complexity index is 1070. The molecule has 29 heavy (non-hydrogen) atoms. The number of hydrogen-bond donors (Lipinski definition) is 2. The van der Waals surface area contributed by atoms with Crippen molar-refractivity contribution in [2.75, 3.05) is 5.32 Å². The fraction of sp³-hybridized carbons (Fsp3) is 0.227. The molecule has 1 amide bonds. The number of amides is 1. The first-order valence-corrected chi connectivity index (χ1v) is 10.6. The summed E-state index contributed by atoms with van der Waals surface area (Å²) in [5.74, 6) is 0.527. The van der Waals surface area contributed by atoms with Crippen molar-refractivity contribution in [3.8, 4) is 0 Å². The Balaban J connectivity index is 1.60. The van der Waals surface area contributed by atoms with Crippen molar-refractivity contribution in [3.05, 3.63) is 86.3 Å². The minimum atomic E-state index is -0.200. The summed E-state index contributed by atoms with van der Waals surface area (Å²) in [6.07, 6.45) is 0.486. The second-order valence-corrected chi connectivity index (χ2v) is 8.11. The molecule has 0 aliphatic heterocycles. The van der Waals surface area contributed by atoms with Crippen molar-refractivity contribution in [1.29, 1.82) is 0 Å². The van der Waals surface area contributed by atoms with Crippen LogP contribution < -0.4 is 10.9 Å². The van der Waals surface area contributed by atoms with Crippen molar-refractivity contribution in [2.45, 2.75) is 37.6 Å². The van der Waals surface area contributed by atoms with Crippen LogP contribution in [0.15, 0.2) is 58.5 Å². The van der Waals surface area contributed by atoms with Gasteiger partial charge in [-0.1, -0.05) is 59.8 Å². The van der Waals surface area contributed by atoms with E-state index in [1.165, 1.54) is 11.8 Å². The monoisotopic (exact) mass is 427 g/mol. The number of aromatic amines is 1. The molecule has 150 valence electrons. The van der Waals surface area contributed by atoms with Crippen LogP contribution in [0.1, 0.15) is 28.8 Å². The van der Waals surface area contributed by atoms with Crippen molar-refractivity contribution < 1.29 is 4.79 Å². The van der Waals surface area contributed by atoms with Gasteiger partial charge in [-0.15, -0.1) is 0 Å². The predicted molar refractivity (Wildman–Crippen MR) is 119 cm³/mol. The van der Waals surface area contributed by atoms with E-state index in [1.54, 1.807) is 19.1 Å². The summed E-state index contributed by atoms with van der Waals surface area (Å²) in [5.41, 5.74) is 3.72. The van der Waals surface area contributed by atoms with Gasteiger partial charge in [0.25, 0.3) is 5.56 Å². The molecular weight excluding hydrogens is 406 g/mol. The van der Waals surface area contributed by atoms with Crippen molar-refractivity contribution in [1.82, 2.24) is 9.97 Å². The number of H-pyrrole nitrogens is 1. The Labute approximate surface area is 178 Å². The average Bonchev–Trinajstić information content (AvgIpc) is 2.69. The number of nitrogens with one attached hydrogen (secondary N) is 2. The topological polar surface area (TPSA) is 74.8 Å². The molecule has 3 aromatic rings. The number of carbonyl (C=O) groups excluding carboxylic acids is 1. The number of nitrogens with zero attached hydrogens (tertiary/aromatic N) is 1. The third-order valence-corrected chi connectivity index (χ3v) is 5.68. The van der Waals surface area contributed by atoms with E-state index in [2.05, 4.69) is 15.3 Å². The fourth-order valence-corrected chi connectivity index (χ4v) is 3.99. The van der Waals surface area contributed by atoms with E-state index in [4.69, 9.17) is 11.6 Å². The average molecular weight is 428 g/mol. The lowest BCUT2D eigenvalue weighted by Gasteiger charge is -2.09. The van der Waals surface area contributed by atoms with E-state index in [0.29, 0.717) is 33.5 Å². The molecule has 0 bridgehead atoms. The summed E-state index contributed by atoms with van der Waals surface area (Å²) >= 11 is 7.63. The number of benzene rings is 2. The van der Waals surface area contributed by atoms with E-state index in [9.17, 15) is 9.59 Å². The zero-order valence-electron chi connectivity index (χ0n) is 16.3. The van der Waals surface area contributed by atoms with Gasteiger partial charge in [0.05, 0.1) is 10.7 Å². The quantitative estimate of drug-likeness (QED) is 0.415. The second kappa shape index (κ2) is 9.76. The van der Waals surface area contributed by atoms with Crippen LogP contribution in [0.4, 0.5) is 5.69 Å². The predicted octanol–water partition coefficient (Wildman–Crippen LogP) is 4.90. The van der Waals surface area contributed by atoms with Gasteiger partial charge in [-0.2, -0.15) is 0 Å². The molecule has 7 heteroatoms. The molecular formula is C22H22ClN3O2S. The highest BCUT2D eigenvalue weighted by Gasteiger charge is 2.12. The summed E-state index contributed by atoms with van der Waals surface area (Å²) in [5, 5.41) is 3.86. The van der Waals surface area contributed by atoms with E-state index in [-0.39, 0.29) is 17.9 Å². The molecule has 0 aliphatic rings. The Hall–Kier alpha value is -2.57. The molecule has 1 heterocycles. The van der Waals surface area contributed by atoms with Gasteiger partial charge in [0.1, 0.15) is 0 Å². The summed E-state index contributed by atoms with van der Waals surface area (Å²) in [4.78, 5) is 32.0. The third kappa shape index (κ3) is 5.95. The summed E-state index contributed by atoms with van der Waals surface area (Å²) in [6.45, 7) is 3.73. The molecule has 0 saturated carbocycles. The summed E-state index contributed by atoms with van der Waals surface area (Å²) < 4.78 is 0. The van der Waals surface area contributed by atoms with E-state index in [1.807, 2.05) is 43.3 Å². The number of rotatable bonds is 7. The number of hydrogen-bond acceptors (Lipinski definition) is 4. The van der Waals surface area contributed by atoms with Crippen LogP contribution >= 0.6 is 23.4 Å². The van der Waals surface area contributed by atoms with Gasteiger partial charge in [0.15, 0.2) is 5.16 Å². The number of anilines is 1. The molecule has 0 spiro atoms. The van der Waals surface area contributed by atoms with Crippen LogP contribution in [0.2, 0.25) is 5.02 Å². The first-order chi connectivity index (χ1) is 13.9. The lowest BCUT2D eigenvalue weighted by molar-refractivity contribution is -0.116. The first-order valence-electron chi connectivity index (χ1n) is 9.25. The van der Waals surface area contributed by atoms with Crippen molar-refractivity contribution in [3.63, 3.8) is 0 Å². The first kappa shape index (κ1) is 21.1. The van der Waals surface area contributed by atoms with Gasteiger partial charge in [0, 0.05) is 23.4 Å². The largest absolute Gasteiger partial charge is 0.325 e. The molecule has 0 aliphatic carbocycles. The highest BCUT2D eigenvalue weighted by molar-refractivity contribution is 7.98. The maximum atomic E-state index is 12.5. The standard InChI is InChI=1S/C22H22ClN3O2S/c1-14-8-10-19(18(23)12-14)25-20(27)11-9-17-15(2)24-22(26-21(17)28)29-13-16-6-4-3-5-7-16/h3-8,10,12H,9,11,13H2,1-2H3,(H,25,27)(H,24,26,28). The molecule has 0 saturated heterocycles. The zero-order valence-corrected chi connectivity index (χ0v) is 17.9. The highest BCUT2D eigenvalue weighted by atomic mass is 35.5. The minimum Gasteiger partial charge on any atom is -0.325 e. The molecule has 0 radical (unpaired) electrons. The zero-order chi connectivity index (χ0) is 20.8. The van der Waals surface area contributed by atoms with Gasteiger partial charge in [-0.25, -0.2) is 4.98 Å². The van der Waals surface area contributed by atoms with Crippen LogP contribution in [0.3, 0.4) is 0 Å². The molecule has 0 unspecified atom stereocenters. The van der Waals surface area contributed by atoms with E-state index in [0.717, 1.165) is 16.9 Å². The molecule has 1 aromatic heterocycles. The number of thioether (sulfide) groups is 1. The van der Waals surface area contributed by atoms with Crippen LogP contribution in [-0.4, -0.2) is 15.9 Å². The lowest BCUT2D eigenvalue weighted by Crippen LogP contribution is -2.20. The molecule has 0 fully saturated rings. The summed E-state index contributed by atoms with van der Waals surface area (Å²) in [7, 11) is 0. The summed E-state index contributed by atoms with van der Waals surface area (Å²) in [6, 6.07) is 15.4. The van der Waals surface area contributed by atoms with Gasteiger partial charge in [0.2, 0.25) is 5.91 Å².